The van der Waals surface area contributed by atoms with Crippen LogP contribution in [0.5, 0.6) is 5.75 Å². The maximum absolute atomic E-state index is 12.8. The van der Waals surface area contributed by atoms with E-state index in [-0.39, 0.29) is 11.2 Å². The molecule has 0 aliphatic heterocycles. The van der Waals surface area contributed by atoms with Gasteiger partial charge in [0.1, 0.15) is 5.75 Å². The van der Waals surface area contributed by atoms with Gasteiger partial charge in [-0.1, -0.05) is 24.3 Å². The summed E-state index contributed by atoms with van der Waals surface area (Å²) in [6, 6.07) is 12.6. The van der Waals surface area contributed by atoms with Crippen molar-refractivity contribution < 1.29 is 24.2 Å². The molecule has 3 rings (SSSR count). The van der Waals surface area contributed by atoms with E-state index in [0.29, 0.717) is 17.2 Å². The highest BCUT2D eigenvalue weighted by molar-refractivity contribution is 8.00. The smallest absolute Gasteiger partial charge is 0.328 e. The number of anilines is 2. The summed E-state index contributed by atoms with van der Waals surface area (Å²) in [6.45, 7) is 1.92. The van der Waals surface area contributed by atoms with Crippen molar-refractivity contribution in [1.82, 2.24) is 4.98 Å². The predicted molar refractivity (Wildman–Crippen MR) is 127 cm³/mol. The van der Waals surface area contributed by atoms with Gasteiger partial charge in [0.05, 0.1) is 22.6 Å². The summed E-state index contributed by atoms with van der Waals surface area (Å²) in [7, 11) is 1.60. The van der Waals surface area contributed by atoms with Crippen LogP contribution in [0.3, 0.4) is 0 Å². The number of nitrogens with zero attached hydrogens (tertiary/aromatic N) is 1. The summed E-state index contributed by atoms with van der Waals surface area (Å²) >= 11 is 2.75. The van der Waals surface area contributed by atoms with Crippen molar-refractivity contribution in [1.29, 1.82) is 0 Å². The lowest BCUT2D eigenvalue weighted by Gasteiger charge is -2.14. The number of thioether (sulfide) groups is 1. The standard InChI is InChI=1S/C22H21N3O5S2/c1-3-17(21(29)25-22-24-16-8-7-14(30-2)12-18(16)32-22)31-15-6-4-5-13(11-15)23-19(26)9-10-20(27)28/h4-12,17H,3H2,1-2H3,(H,23,26)(H,27,28)(H,24,25,29)/b10-9+. The third kappa shape index (κ3) is 6.32. The van der Waals surface area contributed by atoms with Crippen molar-refractivity contribution in [2.75, 3.05) is 17.7 Å². The third-order valence-corrected chi connectivity index (χ3v) is 6.54. The van der Waals surface area contributed by atoms with Crippen LogP contribution in [0.15, 0.2) is 59.5 Å². The van der Waals surface area contributed by atoms with Crippen LogP contribution in [-0.4, -0.2) is 40.2 Å². The van der Waals surface area contributed by atoms with Crippen LogP contribution in [0.2, 0.25) is 0 Å². The van der Waals surface area contributed by atoms with E-state index in [4.69, 9.17) is 9.84 Å². The summed E-state index contributed by atoms with van der Waals surface area (Å²) in [5.74, 6) is -1.19. The number of fused-ring (bicyclic) bond motifs is 1. The zero-order valence-corrected chi connectivity index (χ0v) is 19.0. The zero-order valence-electron chi connectivity index (χ0n) is 17.3. The Balaban J connectivity index is 1.66. The van der Waals surface area contributed by atoms with E-state index in [0.717, 1.165) is 33.0 Å². The molecule has 10 heteroatoms. The topological polar surface area (TPSA) is 118 Å². The molecule has 0 saturated heterocycles. The lowest BCUT2D eigenvalue weighted by molar-refractivity contribution is -0.131. The summed E-state index contributed by atoms with van der Waals surface area (Å²) in [5.41, 5.74) is 1.29. The van der Waals surface area contributed by atoms with Gasteiger partial charge in [-0.2, -0.15) is 0 Å². The molecule has 8 nitrogen and oxygen atoms in total. The molecule has 0 bridgehead atoms. The average molecular weight is 472 g/mol. The van der Waals surface area contributed by atoms with Gasteiger partial charge in [-0.15, -0.1) is 11.8 Å². The van der Waals surface area contributed by atoms with Gasteiger partial charge in [-0.3, -0.25) is 9.59 Å². The van der Waals surface area contributed by atoms with Crippen molar-refractivity contribution in [3.05, 3.63) is 54.6 Å². The molecule has 3 N–H and O–H groups in total. The SMILES string of the molecule is CCC(Sc1cccc(NC(=O)/C=C/C(=O)O)c1)C(=O)Nc1nc2ccc(OC)cc2s1. The first-order valence-electron chi connectivity index (χ1n) is 9.62. The number of carbonyl (C=O) groups is 3. The highest BCUT2D eigenvalue weighted by Gasteiger charge is 2.20. The van der Waals surface area contributed by atoms with Gasteiger partial charge >= 0.3 is 5.97 Å². The number of nitrogens with one attached hydrogen (secondary N) is 2. The van der Waals surface area contributed by atoms with E-state index >= 15 is 0 Å². The lowest BCUT2D eigenvalue weighted by atomic mass is 10.3. The first-order chi connectivity index (χ1) is 15.4. The second kappa shape index (κ2) is 10.8. The van der Waals surface area contributed by atoms with E-state index < -0.39 is 11.9 Å². The van der Waals surface area contributed by atoms with Gasteiger partial charge in [-0.25, -0.2) is 9.78 Å². The first-order valence-corrected chi connectivity index (χ1v) is 11.3. The first kappa shape index (κ1) is 23.3. The van der Waals surface area contributed by atoms with Gasteiger partial charge in [0, 0.05) is 22.7 Å². The molecule has 1 heterocycles. The molecule has 1 aromatic heterocycles. The van der Waals surface area contributed by atoms with Crippen LogP contribution in [0.4, 0.5) is 10.8 Å². The molecule has 3 aromatic rings. The molecule has 0 fully saturated rings. The van der Waals surface area contributed by atoms with Gasteiger partial charge in [0.25, 0.3) is 0 Å². The summed E-state index contributed by atoms with van der Waals surface area (Å²) in [4.78, 5) is 40.4. The Morgan fingerprint density at radius 2 is 2.00 bits per heavy atom. The predicted octanol–water partition coefficient (Wildman–Crippen LogP) is 4.39. The average Bonchev–Trinajstić information content (AvgIpc) is 3.17. The van der Waals surface area contributed by atoms with Crippen molar-refractivity contribution in [3.8, 4) is 5.75 Å². The van der Waals surface area contributed by atoms with Crippen LogP contribution in [-0.2, 0) is 14.4 Å². The minimum atomic E-state index is -1.20. The number of rotatable bonds is 9. The molecular weight excluding hydrogens is 450 g/mol. The maximum Gasteiger partial charge on any atom is 0.328 e. The Labute approximate surface area is 192 Å². The van der Waals surface area contributed by atoms with Gasteiger partial charge in [-0.05, 0) is 42.8 Å². The molecule has 0 aliphatic rings. The molecule has 1 unspecified atom stereocenters. The van der Waals surface area contributed by atoms with E-state index in [1.165, 1.54) is 23.1 Å². The van der Waals surface area contributed by atoms with E-state index in [9.17, 15) is 14.4 Å². The molecule has 2 amide bonds. The molecule has 0 aliphatic carbocycles. The van der Waals surface area contributed by atoms with Gasteiger partial charge in [0.2, 0.25) is 11.8 Å². The number of aromatic nitrogens is 1. The number of aliphatic carboxylic acids is 1. The highest BCUT2D eigenvalue weighted by Crippen LogP contribution is 2.31. The second-order valence-electron chi connectivity index (χ2n) is 6.55. The monoisotopic (exact) mass is 471 g/mol. The third-order valence-electron chi connectivity index (χ3n) is 4.25. The fraction of sp³-hybridized carbons (Fsp3) is 0.182. The number of carbonyl (C=O) groups excluding carboxylic acids is 2. The lowest BCUT2D eigenvalue weighted by Crippen LogP contribution is -2.24. The largest absolute Gasteiger partial charge is 0.497 e. The molecular formula is C22H21N3O5S2. The zero-order chi connectivity index (χ0) is 23.1. The molecule has 0 spiro atoms. The van der Waals surface area contributed by atoms with Crippen LogP contribution in [0.25, 0.3) is 10.2 Å². The fourth-order valence-electron chi connectivity index (χ4n) is 2.74. The Morgan fingerprint density at radius 3 is 2.72 bits per heavy atom. The Bertz CT molecular complexity index is 1180. The number of amides is 2. The number of ether oxygens (including phenoxy) is 1. The molecule has 166 valence electrons. The number of hydrogen-bond acceptors (Lipinski definition) is 7. The maximum atomic E-state index is 12.8. The van der Waals surface area contributed by atoms with Crippen LogP contribution >= 0.6 is 23.1 Å². The number of carboxylic acids is 1. The Kier molecular flexibility index (Phi) is 7.85. The minimum absolute atomic E-state index is 0.164. The Morgan fingerprint density at radius 1 is 1.19 bits per heavy atom. The molecule has 1 atom stereocenters. The van der Waals surface area contributed by atoms with Gasteiger partial charge in [0.15, 0.2) is 5.13 Å². The van der Waals surface area contributed by atoms with E-state index in [1.54, 1.807) is 25.3 Å². The highest BCUT2D eigenvalue weighted by atomic mass is 32.2. The van der Waals surface area contributed by atoms with Crippen molar-refractivity contribution in [2.45, 2.75) is 23.5 Å². The fourth-order valence-corrected chi connectivity index (χ4v) is 4.65. The van der Waals surface area contributed by atoms with Crippen molar-refractivity contribution in [2.24, 2.45) is 0 Å². The summed E-state index contributed by atoms with van der Waals surface area (Å²) in [6.07, 6.45) is 2.30. The quantitative estimate of drug-likeness (QED) is 0.313. The molecule has 2 aromatic carbocycles. The number of benzene rings is 2. The summed E-state index contributed by atoms with van der Waals surface area (Å²) in [5, 5.41) is 14.2. The second-order valence-corrected chi connectivity index (χ2v) is 8.85. The number of thiazole rings is 1. The molecule has 0 saturated carbocycles. The van der Waals surface area contributed by atoms with Crippen LogP contribution < -0.4 is 15.4 Å². The minimum Gasteiger partial charge on any atom is -0.497 e. The molecule has 0 radical (unpaired) electrons. The normalized spacial score (nSPS) is 11.9. The van der Waals surface area contributed by atoms with Crippen LogP contribution in [0.1, 0.15) is 13.3 Å². The van der Waals surface area contributed by atoms with Crippen LogP contribution in [0, 0.1) is 0 Å². The van der Waals surface area contributed by atoms with Crippen molar-refractivity contribution in [3.63, 3.8) is 0 Å². The van der Waals surface area contributed by atoms with Gasteiger partial charge < -0.3 is 20.5 Å². The Hall–Kier alpha value is -3.37. The summed E-state index contributed by atoms with van der Waals surface area (Å²) < 4.78 is 6.14. The van der Waals surface area contributed by atoms with Crippen molar-refractivity contribution >= 4 is 61.9 Å². The van der Waals surface area contributed by atoms with E-state index in [2.05, 4.69) is 15.6 Å². The number of hydrogen-bond donors (Lipinski definition) is 3. The number of carboxylic acid groups (broad SMARTS) is 1. The molecule has 32 heavy (non-hydrogen) atoms. The van der Waals surface area contributed by atoms with E-state index in [1.807, 2.05) is 31.2 Å². The number of methoxy groups -OCH3 is 1.